The number of H-pyrrole nitrogens is 1. The molecule has 1 aromatic carbocycles. The lowest BCUT2D eigenvalue weighted by Gasteiger charge is -2.04. The van der Waals surface area contributed by atoms with Gasteiger partial charge in [-0.15, -0.1) is 11.3 Å². The van der Waals surface area contributed by atoms with Gasteiger partial charge < -0.3 is 10.3 Å². The van der Waals surface area contributed by atoms with Crippen LogP contribution >= 0.6 is 11.3 Å². The Balaban J connectivity index is 1.58. The van der Waals surface area contributed by atoms with Gasteiger partial charge in [0, 0.05) is 23.3 Å². The second kappa shape index (κ2) is 7.75. The third-order valence-corrected chi connectivity index (χ3v) is 4.30. The molecule has 0 radical (unpaired) electrons. The number of aromatic amines is 1. The highest BCUT2D eigenvalue weighted by Crippen LogP contribution is 2.17. The van der Waals surface area contributed by atoms with Crippen LogP contribution in [0.15, 0.2) is 52.8 Å². The van der Waals surface area contributed by atoms with Crippen molar-refractivity contribution in [3.05, 3.63) is 75.1 Å². The first-order valence-corrected chi connectivity index (χ1v) is 8.68. The average molecular weight is 368 g/mol. The summed E-state index contributed by atoms with van der Waals surface area (Å²) >= 11 is 1.23. The van der Waals surface area contributed by atoms with Crippen LogP contribution in [0.3, 0.4) is 0 Å². The summed E-state index contributed by atoms with van der Waals surface area (Å²) in [6.07, 6.45) is 1.44. The summed E-state index contributed by atoms with van der Waals surface area (Å²) in [5.74, 6) is -0.566. The molecule has 2 amide bonds. The van der Waals surface area contributed by atoms with E-state index in [1.807, 2.05) is 31.2 Å². The van der Waals surface area contributed by atoms with Gasteiger partial charge in [0.2, 0.25) is 11.5 Å². The van der Waals surface area contributed by atoms with Gasteiger partial charge in [0.05, 0.1) is 17.7 Å². The summed E-state index contributed by atoms with van der Waals surface area (Å²) in [6, 6.07) is 10.2. The van der Waals surface area contributed by atoms with Crippen LogP contribution in [-0.2, 0) is 11.2 Å². The normalized spacial score (nSPS) is 10.3. The fourth-order valence-corrected chi connectivity index (χ4v) is 2.88. The van der Waals surface area contributed by atoms with Gasteiger partial charge in [-0.3, -0.25) is 19.7 Å². The summed E-state index contributed by atoms with van der Waals surface area (Å²) in [4.78, 5) is 41.9. The van der Waals surface area contributed by atoms with E-state index >= 15 is 0 Å². The van der Waals surface area contributed by atoms with Gasteiger partial charge in [-0.1, -0.05) is 17.7 Å². The molecule has 3 aromatic rings. The maximum Gasteiger partial charge on any atom is 0.258 e. The minimum atomic E-state index is -0.383. The molecule has 132 valence electrons. The Labute approximate surface area is 153 Å². The number of aryl methyl sites for hydroxylation is 1. The smallest absolute Gasteiger partial charge is 0.258 e. The van der Waals surface area contributed by atoms with Crippen molar-refractivity contribution >= 4 is 34.0 Å². The molecule has 2 aromatic heterocycles. The van der Waals surface area contributed by atoms with Crippen LogP contribution in [0.4, 0.5) is 10.8 Å². The van der Waals surface area contributed by atoms with E-state index in [0.717, 1.165) is 11.3 Å². The van der Waals surface area contributed by atoms with Crippen LogP contribution in [0, 0.1) is 6.92 Å². The van der Waals surface area contributed by atoms with Gasteiger partial charge in [0.15, 0.2) is 5.13 Å². The van der Waals surface area contributed by atoms with Gasteiger partial charge in [-0.2, -0.15) is 0 Å². The van der Waals surface area contributed by atoms with Crippen LogP contribution < -0.4 is 16.2 Å². The maximum atomic E-state index is 12.1. The predicted octanol–water partition coefficient (Wildman–Crippen LogP) is 2.57. The summed E-state index contributed by atoms with van der Waals surface area (Å²) in [5, 5.41) is 7.55. The molecule has 26 heavy (non-hydrogen) atoms. The van der Waals surface area contributed by atoms with Crippen LogP contribution in [-0.4, -0.2) is 21.8 Å². The molecule has 0 fully saturated rings. The SMILES string of the molecule is Cc1ccc(NC(=O)Cc2csc(NC(=O)c3ccc(=O)[nH]c3)n2)cc1. The van der Waals surface area contributed by atoms with E-state index in [-0.39, 0.29) is 23.8 Å². The molecule has 0 aliphatic carbocycles. The molecule has 0 unspecified atom stereocenters. The Morgan fingerprint density at radius 1 is 1.12 bits per heavy atom. The first kappa shape index (κ1) is 17.6. The molecule has 0 aliphatic rings. The number of nitrogens with one attached hydrogen (secondary N) is 3. The Hall–Kier alpha value is -3.26. The number of benzene rings is 1. The largest absolute Gasteiger partial charge is 0.328 e. The fraction of sp³-hybridized carbons (Fsp3) is 0.111. The summed E-state index contributed by atoms with van der Waals surface area (Å²) in [6.45, 7) is 1.98. The molecule has 0 saturated carbocycles. The van der Waals surface area contributed by atoms with E-state index in [2.05, 4.69) is 20.6 Å². The number of pyridine rings is 1. The number of amides is 2. The molecule has 2 heterocycles. The van der Waals surface area contributed by atoms with Gasteiger partial charge >= 0.3 is 0 Å². The fourth-order valence-electron chi connectivity index (χ4n) is 2.17. The van der Waals surface area contributed by atoms with Crippen molar-refractivity contribution in [1.82, 2.24) is 9.97 Å². The van der Waals surface area contributed by atoms with Crippen molar-refractivity contribution in [2.45, 2.75) is 13.3 Å². The molecule has 0 aliphatic heterocycles. The third-order valence-electron chi connectivity index (χ3n) is 3.50. The second-order valence-corrected chi connectivity index (χ2v) is 6.49. The quantitative estimate of drug-likeness (QED) is 0.644. The average Bonchev–Trinajstić information content (AvgIpc) is 3.04. The van der Waals surface area contributed by atoms with Crippen molar-refractivity contribution < 1.29 is 9.59 Å². The molecule has 3 rings (SSSR count). The number of carbonyl (C=O) groups is 2. The van der Waals surface area contributed by atoms with Crippen LogP contribution in [0.1, 0.15) is 21.6 Å². The topological polar surface area (TPSA) is 104 Å². The number of hydrogen-bond donors (Lipinski definition) is 3. The number of rotatable bonds is 5. The van der Waals surface area contributed by atoms with E-state index in [4.69, 9.17) is 0 Å². The standard InChI is InChI=1S/C18H16N4O3S/c1-11-2-5-13(6-3-11)20-16(24)8-14-10-26-18(21-14)22-17(25)12-4-7-15(23)19-9-12/h2-7,9-10H,8H2,1H3,(H,19,23)(H,20,24)(H,21,22,25). The summed E-state index contributed by atoms with van der Waals surface area (Å²) < 4.78 is 0. The highest BCUT2D eigenvalue weighted by molar-refractivity contribution is 7.14. The zero-order valence-corrected chi connectivity index (χ0v) is 14.7. The lowest BCUT2D eigenvalue weighted by atomic mass is 10.2. The number of anilines is 2. The van der Waals surface area contributed by atoms with E-state index in [9.17, 15) is 14.4 Å². The molecular formula is C18H16N4O3S. The minimum Gasteiger partial charge on any atom is -0.328 e. The molecular weight excluding hydrogens is 352 g/mol. The van der Waals surface area contributed by atoms with Crippen LogP contribution in [0.5, 0.6) is 0 Å². The van der Waals surface area contributed by atoms with Gasteiger partial charge in [0.1, 0.15) is 0 Å². The van der Waals surface area contributed by atoms with Crippen molar-refractivity contribution in [2.75, 3.05) is 10.6 Å². The van der Waals surface area contributed by atoms with Crippen LogP contribution in [0.25, 0.3) is 0 Å². The van der Waals surface area contributed by atoms with Crippen molar-refractivity contribution in [3.8, 4) is 0 Å². The Morgan fingerprint density at radius 2 is 1.88 bits per heavy atom. The highest BCUT2D eigenvalue weighted by Gasteiger charge is 2.11. The number of carbonyl (C=O) groups excluding carboxylic acids is 2. The maximum absolute atomic E-state index is 12.1. The first-order valence-electron chi connectivity index (χ1n) is 7.80. The number of thiazole rings is 1. The minimum absolute atomic E-state index is 0.110. The van der Waals surface area contributed by atoms with Crippen molar-refractivity contribution in [2.24, 2.45) is 0 Å². The molecule has 0 atom stereocenters. The van der Waals surface area contributed by atoms with Crippen molar-refractivity contribution in [3.63, 3.8) is 0 Å². The lowest BCUT2D eigenvalue weighted by Crippen LogP contribution is -2.15. The second-order valence-electron chi connectivity index (χ2n) is 5.63. The Morgan fingerprint density at radius 3 is 2.58 bits per heavy atom. The lowest BCUT2D eigenvalue weighted by molar-refractivity contribution is -0.115. The number of aromatic nitrogens is 2. The van der Waals surface area contributed by atoms with Gasteiger partial charge in [0.25, 0.3) is 5.91 Å². The monoisotopic (exact) mass is 368 g/mol. The van der Waals surface area contributed by atoms with Crippen molar-refractivity contribution in [1.29, 1.82) is 0 Å². The molecule has 7 nitrogen and oxygen atoms in total. The van der Waals surface area contributed by atoms with Gasteiger partial charge in [-0.05, 0) is 25.1 Å². The zero-order chi connectivity index (χ0) is 18.5. The van der Waals surface area contributed by atoms with E-state index in [1.165, 1.54) is 29.7 Å². The first-order chi connectivity index (χ1) is 12.5. The van der Waals surface area contributed by atoms with Gasteiger partial charge in [-0.25, -0.2) is 4.98 Å². The number of hydrogen-bond acceptors (Lipinski definition) is 5. The summed E-state index contributed by atoms with van der Waals surface area (Å²) in [5.41, 5.74) is 2.44. The zero-order valence-electron chi connectivity index (χ0n) is 13.9. The van der Waals surface area contributed by atoms with E-state index < -0.39 is 0 Å². The Kier molecular flexibility index (Phi) is 5.23. The number of nitrogens with zero attached hydrogens (tertiary/aromatic N) is 1. The predicted molar refractivity (Wildman–Crippen MR) is 101 cm³/mol. The molecule has 8 heteroatoms. The molecule has 3 N–H and O–H groups in total. The van der Waals surface area contributed by atoms with E-state index in [0.29, 0.717) is 16.4 Å². The molecule has 0 spiro atoms. The molecule has 0 saturated heterocycles. The Bertz CT molecular complexity index is 972. The highest BCUT2D eigenvalue weighted by atomic mass is 32.1. The third kappa shape index (κ3) is 4.64. The summed E-state index contributed by atoms with van der Waals surface area (Å²) in [7, 11) is 0. The molecule has 0 bridgehead atoms. The van der Waals surface area contributed by atoms with E-state index in [1.54, 1.807) is 5.38 Å². The van der Waals surface area contributed by atoms with Crippen LogP contribution in [0.2, 0.25) is 0 Å².